The Morgan fingerprint density at radius 2 is 2.00 bits per heavy atom. The van der Waals surface area contributed by atoms with Gasteiger partial charge in [0.1, 0.15) is 5.52 Å². The molecule has 1 aliphatic carbocycles. The van der Waals surface area contributed by atoms with E-state index in [1.54, 1.807) is 12.3 Å². The molecule has 0 aliphatic heterocycles. The molecular formula is C23H19N5O2S. The van der Waals surface area contributed by atoms with Gasteiger partial charge in [-0.1, -0.05) is 22.7 Å². The Labute approximate surface area is 182 Å². The maximum atomic E-state index is 12.7. The summed E-state index contributed by atoms with van der Waals surface area (Å²) in [4.78, 5) is 29.4. The molecule has 7 nitrogen and oxygen atoms in total. The first kappa shape index (κ1) is 19.3. The highest BCUT2D eigenvalue weighted by Crippen LogP contribution is 2.48. The van der Waals surface area contributed by atoms with Gasteiger partial charge in [0.05, 0.1) is 16.9 Å². The number of amides is 2. The van der Waals surface area contributed by atoms with Crippen LogP contribution in [0.5, 0.6) is 0 Å². The molecule has 0 spiro atoms. The van der Waals surface area contributed by atoms with Gasteiger partial charge >= 0.3 is 0 Å². The van der Waals surface area contributed by atoms with Gasteiger partial charge in [-0.2, -0.15) is 0 Å². The maximum Gasteiger partial charge on any atom is 0.251 e. The van der Waals surface area contributed by atoms with Crippen LogP contribution in [0.2, 0.25) is 0 Å². The van der Waals surface area contributed by atoms with Crippen LogP contribution in [0.3, 0.4) is 0 Å². The van der Waals surface area contributed by atoms with Crippen molar-refractivity contribution in [1.82, 2.24) is 19.9 Å². The first-order chi connectivity index (χ1) is 15.2. The number of nitrogens with one attached hydrogen (secondary N) is 2. The highest BCUT2D eigenvalue weighted by molar-refractivity contribution is 7.12. The van der Waals surface area contributed by atoms with Crippen molar-refractivity contribution in [2.24, 2.45) is 5.92 Å². The van der Waals surface area contributed by atoms with Crippen molar-refractivity contribution in [2.75, 3.05) is 5.32 Å². The summed E-state index contributed by atoms with van der Waals surface area (Å²) in [5.41, 5.74) is 3.97. The fraction of sp³-hybridized carbons (Fsp3) is 0.174. The zero-order valence-corrected chi connectivity index (χ0v) is 17.3. The zero-order valence-electron chi connectivity index (χ0n) is 16.5. The minimum atomic E-state index is -0.152. The summed E-state index contributed by atoms with van der Waals surface area (Å²) >= 11 is 1.30. The molecule has 2 atom stereocenters. The minimum Gasteiger partial charge on any atom is -0.346 e. The first-order valence-electron chi connectivity index (χ1n) is 9.98. The van der Waals surface area contributed by atoms with Gasteiger partial charge in [-0.05, 0) is 71.9 Å². The topological polar surface area (TPSA) is 96.9 Å². The van der Waals surface area contributed by atoms with Crippen molar-refractivity contribution in [3.8, 4) is 0 Å². The molecule has 2 aromatic carbocycles. The van der Waals surface area contributed by atoms with Gasteiger partial charge < -0.3 is 10.6 Å². The van der Waals surface area contributed by atoms with Crippen molar-refractivity contribution >= 4 is 39.3 Å². The van der Waals surface area contributed by atoms with E-state index in [4.69, 9.17) is 0 Å². The molecule has 1 saturated carbocycles. The number of aromatic nitrogens is 3. The van der Waals surface area contributed by atoms with E-state index in [-0.39, 0.29) is 23.7 Å². The molecule has 1 aliphatic rings. The van der Waals surface area contributed by atoms with Crippen LogP contribution in [0.15, 0.2) is 66.9 Å². The number of carbonyl (C=O) groups excluding carboxylic acids is 2. The lowest BCUT2D eigenvalue weighted by Crippen LogP contribution is -2.23. The quantitative estimate of drug-likeness (QED) is 0.486. The average molecular weight is 430 g/mol. The smallest absolute Gasteiger partial charge is 0.251 e. The molecule has 2 aromatic heterocycles. The molecule has 1 fully saturated rings. The number of pyridine rings is 1. The number of benzene rings is 2. The Bertz CT molecular complexity index is 1260. The fourth-order valence-corrected chi connectivity index (χ4v) is 4.23. The number of hydrogen-bond donors (Lipinski definition) is 2. The fourth-order valence-electron chi connectivity index (χ4n) is 3.63. The lowest BCUT2D eigenvalue weighted by Gasteiger charge is -2.08. The summed E-state index contributed by atoms with van der Waals surface area (Å²) < 4.78 is 4.86. The Morgan fingerprint density at radius 3 is 2.87 bits per heavy atom. The standard InChI is InChI=1S/C23H19N5O2S/c29-22(25-13-17-6-1-2-9-24-17)15-5-3-4-14(10-15)18-12-19(18)23(30)26-16-7-8-20-21(11-16)31-28-27-20/h1-11,18-19H,12-13H2,(H,25,29)(H,26,30)/t18-,19+/m0/s1. The lowest BCUT2D eigenvalue weighted by atomic mass is 10.0. The third kappa shape index (κ3) is 4.29. The van der Waals surface area contributed by atoms with Gasteiger partial charge in [-0.15, -0.1) is 5.10 Å². The van der Waals surface area contributed by atoms with Gasteiger partial charge in [0.2, 0.25) is 5.91 Å². The van der Waals surface area contributed by atoms with Gasteiger partial charge in [0.15, 0.2) is 0 Å². The second kappa shape index (κ2) is 8.23. The minimum absolute atomic E-state index is 0.00756. The van der Waals surface area contributed by atoms with Gasteiger partial charge in [-0.3, -0.25) is 14.6 Å². The predicted octanol–water partition coefficient (Wildman–Crippen LogP) is 3.76. The number of carbonyl (C=O) groups is 2. The number of rotatable bonds is 6. The van der Waals surface area contributed by atoms with Gasteiger partial charge in [0, 0.05) is 23.4 Å². The van der Waals surface area contributed by atoms with Crippen LogP contribution in [0, 0.1) is 5.92 Å². The zero-order chi connectivity index (χ0) is 21.2. The van der Waals surface area contributed by atoms with E-state index in [2.05, 4.69) is 25.2 Å². The third-order valence-corrected chi connectivity index (χ3v) is 6.06. The third-order valence-electron chi connectivity index (χ3n) is 5.38. The van der Waals surface area contributed by atoms with E-state index in [0.29, 0.717) is 12.1 Å². The van der Waals surface area contributed by atoms with Crippen LogP contribution in [0.4, 0.5) is 5.69 Å². The Balaban J connectivity index is 1.21. The highest BCUT2D eigenvalue weighted by Gasteiger charge is 2.44. The van der Waals surface area contributed by atoms with Crippen molar-refractivity contribution in [3.63, 3.8) is 0 Å². The van der Waals surface area contributed by atoms with Crippen LogP contribution >= 0.6 is 11.5 Å². The van der Waals surface area contributed by atoms with E-state index < -0.39 is 0 Å². The summed E-state index contributed by atoms with van der Waals surface area (Å²) in [5.74, 6) is -0.132. The Kier molecular flexibility index (Phi) is 5.13. The molecule has 2 heterocycles. The average Bonchev–Trinajstić information content (AvgIpc) is 3.48. The van der Waals surface area contributed by atoms with Crippen molar-refractivity contribution in [1.29, 1.82) is 0 Å². The van der Waals surface area contributed by atoms with E-state index >= 15 is 0 Å². The number of anilines is 1. The molecule has 154 valence electrons. The highest BCUT2D eigenvalue weighted by atomic mass is 32.1. The summed E-state index contributed by atoms with van der Waals surface area (Å²) in [6.45, 7) is 0.373. The summed E-state index contributed by atoms with van der Waals surface area (Å²) in [7, 11) is 0. The summed E-state index contributed by atoms with van der Waals surface area (Å²) in [5, 5.41) is 9.89. The molecule has 0 radical (unpaired) electrons. The maximum absolute atomic E-state index is 12.7. The molecule has 8 heteroatoms. The second-order valence-electron chi connectivity index (χ2n) is 7.52. The molecular weight excluding hydrogens is 410 g/mol. The van der Waals surface area contributed by atoms with Crippen molar-refractivity contribution in [3.05, 3.63) is 83.7 Å². The normalized spacial score (nSPS) is 17.3. The second-order valence-corrected chi connectivity index (χ2v) is 8.31. The molecule has 5 rings (SSSR count). The van der Waals surface area contributed by atoms with E-state index in [0.717, 1.165) is 33.6 Å². The van der Waals surface area contributed by atoms with Crippen LogP contribution in [0.1, 0.15) is 34.0 Å². The molecule has 31 heavy (non-hydrogen) atoms. The lowest BCUT2D eigenvalue weighted by molar-refractivity contribution is -0.117. The number of hydrogen-bond acceptors (Lipinski definition) is 6. The number of nitrogens with zero attached hydrogens (tertiary/aromatic N) is 3. The summed E-state index contributed by atoms with van der Waals surface area (Å²) in [6.07, 6.45) is 2.47. The predicted molar refractivity (Wildman–Crippen MR) is 119 cm³/mol. The van der Waals surface area contributed by atoms with Gasteiger partial charge in [0.25, 0.3) is 5.91 Å². The Hall–Kier alpha value is -3.65. The van der Waals surface area contributed by atoms with Crippen LogP contribution in [-0.4, -0.2) is 26.4 Å². The monoisotopic (exact) mass is 429 g/mol. The van der Waals surface area contributed by atoms with E-state index in [1.165, 1.54) is 11.5 Å². The molecule has 4 aromatic rings. The molecule has 0 unspecified atom stereocenters. The largest absolute Gasteiger partial charge is 0.346 e. The SMILES string of the molecule is O=C(NCc1ccccn1)c1cccc([C@@H]2C[C@H]2C(=O)Nc2ccc3nnsc3c2)c1. The van der Waals surface area contributed by atoms with Crippen LogP contribution in [-0.2, 0) is 11.3 Å². The molecule has 2 amide bonds. The van der Waals surface area contributed by atoms with Crippen molar-refractivity contribution in [2.45, 2.75) is 18.9 Å². The van der Waals surface area contributed by atoms with Crippen LogP contribution in [0.25, 0.3) is 10.2 Å². The summed E-state index contributed by atoms with van der Waals surface area (Å²) in [6, 6.07) is 18.7. The van der Waals surface area contributed by atoms with E-state index in [1.807, 2.05) is 54.6 Å². The Morgan fingerprint density at radius 1 is 1.06 bits per heavy atom. The van der Waals surface area contributed by atoms with E-state index in [9.17, 15) is 9.59 Å². The van der Waals surface area contributed by atoms with Gasteiger partial charge in [-0.25, -0.2) is 0 Å². The number of fused-ring (bicyclic) bond motifs is 1. The molecule has 0 saturated heterocycles. The molecule has 2 N–H and O–H groups in total. The first-order valence-corrected chi connectivity index (χ1v) is 10.8. The van der Waals surface area contributed by atoms with Crippen LogP contribution < -0.4 is 10.6 Å². The molecule has 0 bridgehead atoms. The van der Waals surface area contributed by atoms with Crippen molar-refractivity contribution < 1.29 is 9.59 Å².